The molecule has 0 saturated heterocycles. The van der Waals surface area contributed by atoms with E-state index in [-0.39, 0.29) is 12.3 Å². The Morgan fingerprint density at radius 1 is 1.38 bits per heavy atom. The van der Waals surface area contributed by atoms with Crippen LogP contribution in [0.2, 0.25) is 0 Å². The Labute approximate surface area is 93.5 Å². The van der Waals surface area contributed by atoms with E-state index in [1.54, 1.807) is 0 Å². The summed E-state index contributed by atoms with van der Waals surface area (Å²) in [6.07, 6.45) is -3.48. The summed E-state index contributed by atoms with van der Waals surface area (Å²) < 4.78 is 59.4. The van der Waals surface area contributed by atoms with Crippen LogP contribution in [0.1, 0.15) is 6.92 Å². The van der Waals surface area contributed by atoms with Gasteiger partial charge in [-0.1, -0.05) is 0 Å². The molecule has 0 heterocycles. The fourth-order valence-corrected chi connectivity index (χ4v) is 2.02. The zero-order chi connectivity index (χ0) is 13.1. The minimum atomic E-state index is -4.46. The summed E-state index contributed by atoms with van der Waals surface area (Å²) in [6.45, 7) is 1.06. The maximum Gasteiger partial charge on any atom is 0.405 e. The summed E-state index contributed by atoms with van der Waals surface area (Å²) in [5, 5.41) is 0. The van der Waals surface area contributed by atoms with E-state index in [1.807, 2.05) is 0 Å². The molecule has 0 saturated carbocycles. The molecule has 0 radical (unpaired) electrons. The van der Waals surface area contributed by atoms with E-state index in [0.717, 1.165) is 11.2 Å². The summed E-state index contributed by atoms with van der Waals surface area (Å²) in [7, 11) is -2.06. The van der Waals surface area contributed by atoms with Gasteiger partial charge in [0.25, 0.3) is 0 Å². The molecule has 2 atom stereocenters. The van der Waals surface area contributed by atoms with Crippen LogP contribution in [-0.4, -0.2) is 57.2 Å². The topological polar surface area (TPSA) is 63.4 Å². The van der Waals surface area contributed by atoms with Crippen LogP contribution in [0.15, 0.2) is 0 Å². The molecule has 0 aromatic carbocycles. The Bertz CT molecular complexity index is 314. The molecule has 0 aliphatic heterocycles. The molecule has 0 aromatic heterocycles. The number of alkyl halides is 3. The van der Waals surface area contributed by atoms with Crippen LogP contribution in [-0.2, 0) is 9.84 Å². The van der Waals surface area contributed by atoms with Crippen molar-refractivity contribution in [1.82, 2.24) is 4.90 Å². The Kier molecular flexibility index (Phi) is 5.21. The van der Waals surface area contributed by atoms with Crippen LogP contribution in [0.5, 0.6) is 0 Å². The first-order chi connectivity index (χ1) is 6.95. The highest BCUT2D eigenvalue weighted by atomic mass is 32.2. The van der Waals surface area contributed by atoms with Gasteiger partial charge >= 0.3 is 6.18 Å². The molecule has 16 heavy (non-hydrogen) atoms. The van der Waals surface area contributed by atoms with Crippen LogP contribution in [0.4, 0.5) is 13.2 Å². The lowest BCUT2D eigenvalue weighted by Crippen LogP contribution is -2.54. The number of hydrogen-bond donors (Lipinski definition) is 1. The van der Waals surface area contributed by atoms with Gasteiger partial charge < -0.3 is 5.73 Å². The van der Waals surface area contributed by atoms with Gasteiger partial charge in [0, 0.05) is 18.8 Å². The lowest BCUT2D eigenvalue weighted by atomic mass is 10.1. The van der Waals surface area contributed by atoms with Crippen molar-refractivity contribution in [2.45, 2.75) is 25.2 Å². The van der Waals surface area contributed by atoms with Crippen LogP contribution < -0.4 is 5.73 Å². The lowest BCUT2D eigenvalue weighted by molar-refractivity contribution is -0.183. The highest BCUT2D eigenvalue weighted by Gasteiger charge is 2.44. The third-order valence-corrected chi connectivity index (χ3v) is 3.05. The van der Waals surface area contributed by atoms with Crippen molar-refractivity contribution >= 4 is 9.84 Å². The van der Waals surface area contributed by atoms with Crippen molar-refractivity contribution in [1.29, 1.82) is 0 Å². The number of hydrogen-bond acceptors (Lipinski definition) is 4. The summed E-state index contributed by atoms with van der Waals surface area (Å²) in [5.74, 6) is -0.317. The first-order valence-corrected chi connectivity index (χ1v) is 6.71. The van der Waals surface area contributed by atoms with Crippen molar-refractivity contribution in [2.75, 3.05) is 25.6 Å². The van der Waals surface area contributed by atoms with E-state index in [1.165, 1.54) is 14.0 Å². The average molecular weight is 262 g/mol. The van der Waals surface area contributed by atoms with Crippen molar-refractivity contribution < 1.29 is 21.6 Å². The molecular formula is C8H17F3N2O2S. The van der Waals surface area contributed by atoms with Crippen LogP contribution in [0.3, 0.4) is 0 Å². The third kappa shape index (κ3) is 5.66. The molecule has 0 amide bonds. The minimum absolute atomic E-state index is 0.190. The van der Waals surface area contributed by atoms with Gasteiger partial charge in [0.15, 0.2) is 0 Å². The maximum atomic E-state index is 12.6. The highest BCUT2D eigenvalue weighted by molar-refractivity contribution is 7.90. The Hall–Kier alpha value is -0.340. The SMILES string of the molecule is CC(N)C(N(C)CCS(C)(=O)=O)C(F)(F)F. The molecule has 0 aromatic rings. The van der Waals surface area contributed by atoms with Gasteiger partial charge in [0.2, 0.25) is 0 Å². The molecule has 0 rings (SSSR count). The van der Waals surface area contributed by atoms with E-state index in [2.05, 4.69) is 0 Å². The largest absolute Gasteiger partial charge is 0.405 e. The van der Waals surface area contributed by atoms with E-state index in [0.29, 0.717) is 0 Å². The van der Waals surface area contributed by atoms with Gasteiger partial charge in [-0.15, -0.1) is 0 Å². The summed E-state index contributed by atoms with van der Waals surface area (Å²) >= 11 is 0. The van der Waals surface area contributed by atoms with Gasteiger partial charge in [-0.05, 0) is 14.0 Å². The highest BCUT2D eigenvalue weighted by Crippen LogP contribution is 2.25. The van der Waals surface area contributed by atoms with E-state index in [4.69, 9.17) is 5.73 Å². The second-order valence-electron chi connectivity index (χ2n) is 3.96. The second kappa shape index (κ2) is 5.33. The van der Waals surface area contributed by atoms with Crippen molar-refractivity contribution in [2.24, 2.45) is 5.73 Å². The average Bonchev–Trinajstić information content (AvgIpc) is 1.95. The Morgan fingerprint density at radius 2 is 1.81 bits per heavy atom. The van der Waals surface area contributed by atoms with Gasteiger partial charge in [-0.25, -0.2) is 8.42 Å². The number of rotatable bonds is 5. The fourth-order valence-electron chi connectivity index (χ4n) is 1.40. The third-order valence-electron chi connectivity index (χ3n) is 2.12. The monoisotopic (exact) mass is 262 g/mol. The second-order valence-corrected chi connectivity index (χ2v) is 6.22. The molecule has 2 N–H and O–H groups in total. The molecule has 0 aliphatic rings. The van der Waals surface area contributed by atoms with Crippen molar-refractivity contribution in [3.63, 3.8) is 0 Å². The molecule has 0 aliphatic carbocycles. The Balaban J connectivity index is 4.59. The zero-order valence-corrected chi connectivity index (χ0v) is 10.3. The maximum absolute atomic E-state index is 12.6. The van der Waals surface area contributed by atoms with E-state index < -0.39 is 28.1 Å². The predicted octanol–water partition coefficient (Wildman–Crippen LogP) is 0.241. The molecule has 4 nitrogen and oxygen atoms in total. The number of halogens is 3. The van der Waals surface area contributed by atoms with Gasteiger partial charge in [-0.3, -0.25) is 4.90 Å². The number of nitrogens with two attached hydrogens (primary N) is 1. The minimum Gasteiger partial charge on any atom is -0.326 e. The molecule has 8 heteroatoms. The molecule has 0 bridgehead atoms. The van der Waals surface area contributed by atoms with Crippen LogP contribution >= 0.6 is 0 Å². The zero-order valence-electron chi connectivity index (χ0n) is 9.45. The molecule has 0 fully saturated rings. The number of likely N-dealkylation sites (N-methyl/N-ethyl adjacent to an activating group) is 1. The van der Waals surface area contributed by atoms with Crippen molar-refractivity contribution in [3.8, 4) is 0 Å². The van der Waals surface area contributed by atoms with Gasteiger partial charge in [0.1, 0.15) is 15.9 Å². The molecule has 98 valence electrons. The van der Waals surface area contributed by atoms with Crippen LogP contribution in [0, 0.1) is 0 Å². The molecular weight excluding hydrogens is 245 g/mol. The molecule has 2 unspecified atom stereocenters. The van der Waals surface area contributed by atoms with E-state index in [9.17, 15) is 21.6 Å². The van der Waals surface area contributed by atoms with Crippen LogP contribution in [0.25, 0.3) is 0 Å². The predicted molar refractivity (Wildman–Crippen MR) is 55.8 cm³/mol. The summed E-state index contributed by atoms with van der Waals surface area (Å²) in [4.78, 5) is 0.922. The number of sulfone groups is 1. The fraction of sp³-hybridized carbons (Fsp3) is 1.00. The van der Waals surface area contributed by atoms with Gasteiger partial charge in [0.05, 0.1) is 5.75 Å². The number of nitrogens with zero attached hydrogens (tertiary/aromatic N) is 1. The molecule has 0 spiro atoms. The Morgan fingerprint density at radius 3 is 2.06 bits per heavy atom. The lowest BCUT2D eigenvalue weighted by Gasteiger charge is -2.32. The van der Waals surface area contributed by atoms with Gasteiger partial charge in [-0.2, -0.15) is 13.2 Å². The summed E-state index contributed by atoms with van der Waals surface area (Å²) in [5.41, 5.74) is 5.25. The first-order valence-electron chi connectivity index (χ1n) is 4.65. The quantitative estimate of drug-likeness (QED) is 0.771. The standard InChI is InChI=1S/C8H17F3N2O2S/c1-6(12)7(8(9,10)11)13(2)4-5-16(3,14)15/h6-7H,4-5,12H2,1-3H3. The van der Waals surface area contributed by atoms with Crippen molar-refractivity contribution in [3.05, 3.63) is 0 Å². The normalized spacial score (nSPS) is 17.5. The first kappa shape index (κ1) is 15.7. The smallest absolute Gasteiger partial charge is 0.326 e. The summed E-state index contributed by atoms with van der Waals surface area (Å²) in [6, 6.07) is -2.93. The van der Waals surface area contributed by atoms with E-state index >= 15 is 0 Å².